The quantitative estimate of drug-likeness (QED) is 0.333. The van der Waals surface area contributed by atoms with Crippen LogP contribution in [0.25, 0.3) is 21.3 Å². The minimum atomic E-state index is -1.19. The summed E-state index contributed by atoms with van der Waals surface area (Å²) >= 11 is 8.15. The topological polar surface area (TPSA) is 105 Å². The summed E-state index contributed by atoms with van der Waals surface area (Å²) in [4.78, 5) is 20.8. The number of fused-ring (bicyclic) bond motifs is 1. The van der Waals surface area contributed by atoms with Gasteiger partial charge in [0.05, 0.1) is 17.5 Å². The smallest absolute Gasteiger partial charge is 0.339 e. The minimum absolute atomic E-state index is 0.158. The van der Waals surface area contributed by atoms with E-state index in [0.717, 1.165) is 22.3 Å². The van der Waals surface area contributed by atoms with Crippen LogP contribution in [0.3, 0.4) is 0 Å². The first kappa shape index (κ1) is 21.9. The van der Waals surface area contributed by atoms with Crippen LogP contribution in [0.5, 0.6) is 11.5 Å². The van der Waals surface area contributed by atoms with Gasteiger partial charge < -0.3 is 20.3 Å². The number of phenols is 1. The predicted molar refractivity (Wildman–Crippen MR) is 126 cm³/mol. The Morgan fingerprint density at radius 2 is 2.03 bits per heavy atom. The van der Waals surface area contributed by atoms with Gasteiger partial charge in [0.1, 0.15) is 29.2 Å². The highest BCUT2D eigenvalue weighted by molar-refractivity contribution is 7.19. The number of nitrogens with zero attached hydrogens (tertiary/aromatic N) is 2. The number of thiophene rings is 1. The molecule has 0 atom stereocenters. The summed E-state index contributed by atoms with van der Waals surface area (Å²) in [7, 11) is 1.65. The molecule has 0 aliphatic heterocycles. The third-order valence-corrected chi connectivity index (χ3v) is 6.62. The van der Waals surface area contributed by atoms with Crippen LogP contribution in [0.2, 0.25) is 5.02 Å². The number of anilines is 1. The van der Waals surface area contributed by atoms with Crippen molar-refractivity contribution in [3.05, 3.63) is 63.8 Å². The molecule has 164 valence electrons. The number of hydrogen-bond acceptors (Lipinski definition) is 7. The molecular formula is C23H20ClN3O4S. The van der Waals surface area contributed by atoms with E-state index in [0.29, 0.717) is 28.6 Å². The Bertz CT molecular complexity index is 1320. The molecule has 0 saturated carbocycles. The van der Waals surface area contributed by atoms with E-state index in [1.165, 1.54) is 28.9 Å². The van der Waals surface area contributed by atoms with E-state index < -0.39 is 5.97 Å². The predicted octanol–water partition coefficient (Wildman–Crippen LogP) is 5.39. The maximum absolute atomic E-state index is 11.1. The van der Waals surface area contributed by atoms with Crippen LogP contribution in [0, 0.1) is 6.92 Å². The first-order chi connectivity index (χ1) is 15.4. The van der Waals surface area contributed by atoms with Crippen molar-refractivity contribution in [3.8, 4) is 22.8 Å². The lowest BCUT2D eigenvalue weighted by Gasteiger charge is -2.09. The number of ether oxygens (including phenoxy) is 1. The minimum Gasteiger partial charge on any atom is -0.507 e. The number of aromatic carboxylic acids is 1. The molecule has 9 heteroatoms. The number of methoxy groups -OCH3 is 1. The Kier molecular flexibility index (Phi) is 6.16. The molecule has 0 aliphatic carbocycles. The van der Waals surface area contributed by atoms with E-state index >= 15 is 0 Å². The molecule has 7 nitrogen and oxygen atoms in total. The van der Waals surface area contributed by atoms with Gasteiger partial charge in [0.2, 0.25) is 0 Å². The van der Waals surface area contributed by atoms with E-state index in [9.17, 15) is 9.90 Å². The van der Waals surface area contributed by atoms with Crippen LogP contribution < -0.4 is 10.1 Å². The Hall–Kier alpha value is -3.36. The normalized spacial score (nSPS) is 11.0. The highest BCUT2D eigenvalue weighted by Crippen LogP contribution is 2.41. The number of aryl methyl sites for hydroxylation is 1. The van der Waals surface area contributed by atoms with Crippen molar-refractivity contribution in [3.63, 3.8) is 0 Å². The van der Waals surface area contributed by atoms with E-state index in [1.807, 2.05) is 12.1 Å². The summed E-state index contributed by atoms with van der Waals surface area (Å²) in [6.45, 7) is 2.70. The zero-order chi connectivity index (χ0) is 22.8. The lowest BCUT2D eigenvalue weighted by molar-refractivity contribution is 0.0694. The monoisotopic (exact) mass is 469 g/mol. The molecule has 0 saturated heterocycles. The number of rotatable bonds is 7. The molecule has 0 aliphatic rings. The second-order valence-corrected chi connectivity index (χ2v) is 8.72. The van der Waals surface area contributed by atoms with E-state index in [4.69, 9.17) is 21.4 Å². The number of aromatic nitrogens is 2. The lowest BCUT2D eigenvalue weighted by atomic mass is 10.1. The van der Waals surface area contributed by atoms with Crippen LogP contribution in [-0.2, 0) is 6.42 Å². The third-order valence-electron chi connectivity index (χ3n) is 5.14. The SMILES string of the molecule is COc1ccc(Cl)c2c(CCNc3cc(-c4ccc(C(=O)O)c(O)c4)ncn3)c(C)sc12. The Labute approximate surface area is 193 Å². The third kappa shape index (κ3) is 4.19. The molecule has 2 aromatic heterocycles. The van der Waals surface area contributed by atoms with E-state index in [2.05, 4.69) is 22.2 Å². The van der Waals surface area contributed by atoms with Gasteiger partial charge in [0.15, 0.2) is 0 Å². The summed E-state index contributed by atoms with van der Waals surface area (Å²) in [6.07, 6.45) is 2.17. The van der Waals surface area contributed by atoms with Crippen LogP contribution in [-0.4, -0.2) is 39.8 Å². The second-order valence-electron chi connectivity index (χ2n) is 7.09. The second kappa shape index (κ2) is 9.02. The molecule has 0 bridgehead atoms. The van der Waals surface area contributed by atoms with Crippen molar-refractivity contribution in [2.45, 2.75) is 13.3 Å². The summed E-state index contributed by atoms with van der Waals surface area (Å²) < 4.78 is 6.52. The van der Waals surface area contributed by atoms with Crippen molar-refractivity contribution in [2.24, 2.45) is 0 Å². The molecule has 0 fully saturated rings. The number of hydrogen-bond donors (Lipinski definition) is 3. The van der Waals surface area contributed by atoms with Gasteiger partial charge in [-0.15, -0.1) is 11.3 Å². The van der Waals surface area contributed by atoms with Crippen LogP contribution in [0.4, 0.5) is 5.82 Å². The number of carbonyl (C=O) groups is 1. The van der Waals surface area contributed by atoms with Crippen LogP contribution in [0.15, 0.2) is 42.7 Å². The Morgan fingerprint density at radius 3 is 2.75 bits per heavy atom. The van der Waals surface area contributed by atoms with Crippen molar-refractivity contribution in [1.82, 2.24) is 9.97 Å². The number of carboxylic acid groups (broad SMARTS) is 1. The fourth-order valence-corrected chi connectivity index (χ4v) is 5.12. The average Bonchev–Trinajstić information content (AvgIpc) is 3.11. The van der Waals surface area contributed by atoms with Gasteiger partial charge in [-0.05, 0) is 43.2 Å². The number of nitrogens with one attached hydrogen (secondary N) is 1. The molecule has 4 rings (SSSR count). The molecule has 0 spiro atoms. The maximum atomic E-state index is 11.1. The molecule has 0 amide bonds. The van der Waals surface area contributed by atoms with Gasteiger partial charge in [-0.2, -0.15) is 0 Å². The first-order valence-electron chi connectivity index (χ1n) is 9.76. The lowest BCUT2D eigenvalue weighted by Crippen LogP contribution is -2.07. The summed E-state index contributed by atoms with van der Waals surface area (Å²) in [6, 6.07) is 9.82. The first-order valence-corrected chi connectivity index (χ1v) is 11.0. The van der Waals surface area contributed by atoms with Gasteiger partial charge in [-0.3, -0.25) is 0 Å². The van der Waals surface area contributed by atoms with Gasteiger partial charge in [-0.1, -0.05) is 17.7 Å². The zero-order valence-electron chi connectivity index (χ0n) is 17.3. The molecule has 0 radical (unpaired) electrons. The van der Waals surface area contributed by atoms with Gasteiger partial charge in [-0.25, -0.2) is 14.8 Å². The highest BCUT2D eigenvalue weighted by Gasteiger charge is 2.16. The number of carboxylic acids is 1. The van der Waals surface area contributed by atoms with E-state index in [-0.39, 0.29) is 11.3 Å². The zero-order valence-corrected chi connectivity index (χ0v) is 18.9. The maximum Gasteiger partial charge on any atom is 0.339 e. The van der Waals surface area contributed by atoms with Crippen molar-refractivity contribution in [1.29, 1.82) is 0 Å². The molecule has 2 heterocycles. The van der Waals surface area contributed by atoms with Crippen LogP contribution in [0.1, 0.15) is 20.8 Å². The summed E-state index contributed by atoms with van der Waals surface area (Å²) in [5.41, 5.74) is 2.18. The van der Waals surface area contributed by atoms with Crippen molar-refractivity contribution >= 4 is 44.8 Å². The number of halogens is 1. The fourth-order valence-electron chi connectivity index (χ4n) is 3.57. The van der Waals surface area contributed by atoms with Crippen molar-refractivity contribution < 1.29 is 19.7 Å². The molecule has 3 N–H and O–H groups in total. The highest BCUT2D eigenvalue weighted by atomic mass is 35.5. The average molecular weight is 470 g/mol. The molecule has 4 aromatic rings. The van der Waals surface area contributed by atoms with Crippen molar-refractivity contribution in [2.75, 3.05) is 19.0 Å². The summed E-state index contributed by atoms with van der Waals surface area (Å²) in [5, 5.41) is 24.0. The summed E-state index contributed by atoms with van der Waals surface area (Å²) in [5.74, 6) is -0.0599. The standard InChI is InChI=1S/C23H20ClN3O4S/c1-12-14(21-16(24)5-6-19(31-2)22(21)32-12)7-8-25-20-10-17(26-11-27-20)13-3-4-15(23(29)30)18(28)9-13/h3-6,9-11,28H,7-8H2,1-2H3,(H,29,30)(H,25,26,27). The van der Waals surface area contributed by atoms with Crippen LogP contribution >= 0.6 is 22.9 Å². The molecular weight excluding hydrogens is 450 g/mol. The van der Waals surface area contributed by atoms with Gasteiger partial charge in [0, 0.05) is 33.5 Å². The Balaban J connectivity index is 1.52. The number of benzene rings is 2. The molecule has 2 aromatic carbocycles. The van der Waals surface area contributed by atoms with Gasteiger partial charge in [0.25, 0.3) is 0 Å². The molecule has 0 unspecified atom stereocenters. The van der Waals surface area contributed by atoms with Gasteiger partial charge >= 0.3 is 5.97 Å². The number of aromatic hydroxyl groups is 1. The Morgan fingerprint density at radius 1 is 1.22 bits per heavy atom. The van der Waals surface area contributed by atoms with E-state index in [1.54, 1.807) is 30.6 Å². The fraction of sp³-hybridized carbons (Fsp3) is 0.174. The largest absolute Gasteiger partial charge is 0.507 e. The molecule has 32 heavy (non-hydrogen) atoms.